The Kier molecular flexibility index (Phi) is 10.1. The molecule has 16 heavy (non-hydrogen) atoms. The third kappa shape index (κ3) is 7.43. The molecule has 1 rings (SSSR count). The molecule has 0 bridgehead atoms. The molecule has 0 amide bonds. The molecule has 2 nitrogen and oxygen atoms in total. The predicted molar refractivity (Wildman–Crippen MR) is 69.6 cm³/mol. The van der Waals surface area contributed by atoms with Crippen molar-refractivity contribution >= 4 is 0 Å². The predicted octanol–water partition coefficient (Wildman–Crippen LogP) is 3.51. The Morgan fingerprint density at radius 1 is 1.19 bits per heavy atom. The molecule has 2 heteroatoms. The monoisotopic (exact) mass is 224 g/mol. The second-order valence-corrected chi connectivity index (χ2v) is 3.71. The Labute approximate surface area is 99.6 Å². The van der Waals surface area contributed by atoms with Crippen molar-refractivity contribution in [3.63, 3.8) is 0 Å². The molecular formula is C14H24O2. The summed E-state index contributed by atoms with van der Waals surface area (Å²) in [5, 5.41) is 0. The first-order valence-corrected chi connectivity index (χ1v) is 5.70. The van der Waals surface area contributed by atoms with Crippen LogP contribution in [0.5, 0.6) is 0 Å². The number of ether oxygens (including phenoxy) is 2. The Hall–Kier alpha value is -0.860. The first-order chi connectivity index (χ1) is 7.78. The highest BCUT2D eigenvalue weighted by atomic mass is 16.5. The van der Waals surface area contributed by atoms with Crippen LogP contribution in [-0.2, 0) is 9.47 Å². The van der Waals surface area contributed by atoms with Crippen LogP contribution in [0.3, 0.4) is 0 Å². The molecule has 0 aromatic carbocycles. The van der Waals surface area contributed by atoms with E-state index in [1.807, 2.05) is 12.2 Å². The van der Waals surface area contributed by atoms with Gasteiger partial charge in [0.2, 0.25) is 0 Å². The van der Waals surface area contributed by atoms with E-state index >= 15 is 0 Å². The molecule has 92 valence electrons. The van der Waals surface area contributed by atoms with Crippen LogP contribution in [0.1, 0.15) is 25.7 Å². The lowest BCUT2D eigenvalue weighted by Gasteiger charge is -2.08. The molecule has 0 atom stereocenters. The lowest BCUT2D eigenvalue weighted by Crippen LogP contribution is -2.06. The van der Waals surface area contributed by atoms with E-state index in [-0.39, 0.29) is 6.10 Å². The summed E-state index contributed by atoms with van der Waals surface area (Å²) in [5.74, 6) is 0. The topological polar surface area (TPSA) is 18.5 Å². The maximum absolute atomic E-state index is 5.09. The van der Waals surface area contributed by atoms with E-state index in [1.54, 1.807) is 14.2 Å². The SMILES string of the molecule is C=CCC(CC=C)OC.COC1CC=CC1. The minimum atomic E-state index is 0.278. The fourth-order valence-electron chi connectivity index (χ4n) is 1.45. The molecule has 0 fully saturated rings. The van der Waals surface area contributed by atoms with Crippen LogP contribution in [-0.4, -0.2) is 26.4 Å². The summed E-state index contributed by atoms with van der Waals surface area (Å²) >= 11 is 0. The van der Waals surface area contributed by atoms with Crippen molar-refractivity contribution in [2.24, 2.45) is 0 Å². The van der Waals surface area contributed by atoms with E-state index in [9.17, 15) is 0 Å². The van der Waals surface area contributed by atoms with E-state index in [2.05, 4.69) is 25.3 Å². The summed E-state index contributed by atoms with van der Waals surface area (Å²) in [6.07, 6.45) is 12.8. The lowest BCUT2D eigenvalue weighted by atomic mass is 10.2. The van der Waals surface area contributed by atoms with Crippen molar-refractivity contribution in [2.75, 3.05) is 14.2 Å². The van der Waals surface area contributed by atoms with E-state index < -0.39 is 0 Å². The average molecular weight is 224 g/mol. The standard InChI is InChI=1S/C8H14O.C6H10O/c1-4-6-8(9-3)7-5-2;1-7-6-4-2-3-5-6/h4-5,8H,1-2,6-7H2,3H3;2-3,6H,4-5H2,1H3. The van der Waals surface area contributed by atoms with Gasteiger partial charge in [-0.25, -0.2) is 0 Å². The average Bonchev–Trinajstić information content (AvgIpc) is 2.82. The van der Waals surface area contributed by atoms with Gasteiger partial charge in [-0.1, -0.05) is 24.3 Å². The highest BCUT2D eigenvalue weighted by Gasteiger charge is 2.05. The van der Waals surface area contributed by atoms with Crippen LogP contribution in [0.25, 0.3) is 0 Å². The number of methoxy groups -OCH3 is 2. The first-order valence-electron chi connectivity index (χ1n) is 5.70. The zero-order chi connectivity index (χ0) is 12.2. The van der Waals surface area contributed by atoms with Gasteiger partial charge in [-0.15, -0.1) is 13.2 Å². The molecule has 0 aromatic heterocycles. The van der Waals surface area contributed by atoms with E-state index in [0.29, 0.717) is 6.10 Å². The molecule has 0 spiro atoms. The maximum Gasteiger partial charge on any atom is 0.0640 e. The fourth-order valence-corrected chi connectivity index (χ4v) is 1.45. The minimum Gasteiger partial charge on any atom is -0.381 e. The normalized spacial score (nSPS) is 14.7. The van der Waals surface area contributed by atoms with Gasteiger partial charge in [-0.05, 0) is 25.7 Å². The van der Waals surface area contributed by atoms with Gasteiger partial charge in [-0.2, -0.15) is 0 Å². The summed E-state index contributed by atoms with van der Waals surface area (Å²) in [4.78, 5) is 0. The van der Waals surface area contributed by atoms with Crippen molar-refractivity contribution in [1.82, 2.24) is 0 Å². The van der Waals surface area contributed by atoms with Gasteiger partial charge < -0.3 is 9.47 Å². The molecule has 1 aliphatic carbocycles. The highest BCUT2D eigenvalue weighted by molar-refractivity contribution is 4.94. The molecule has 0 N–H and O–H groups in total. The number of rotatable bonds is 6. The Balaban J connectivity index is 0.000000288. The van der Waals surface area contributed by atoms with Gasteiger partial charge in [0.05, 0.1) is 12.2 Å². The third-order valence-corrected chi connectivity index (χ3v) is 2.49. The third-order valence-electron chi connectivity index (χ3n) is 2.49. The quantitative estimate of drug-likeness (QED) is 0.643. The van der Waals surface area contributed by atoms with Gasteiger partial charge in [0, 0.05) is 14.2 Å². The molecule has 0 radical (unpaired) electrons. The molecular weight excluding hydrogens is 200 g/mol. The molecule has 0 saturated carbocycles. The number of hydrogen-bond donors (Lipinski definition) is 0. The second-order valence-electron chi connectivity index (χ2n) is 3.71. The largest absolute Gasteiger partial charge is 0.381 e. The highest BCUT2D eigenvalue weighted by Crippen LogP contribution is 2.11. The zero-order valence-electron chi connectivity index (χ0n) is 10.5. The van der Waals surface area contributed by atoms with Crippen molar-refractivity contribution in [1.29, 1.82) is 0 Å². The van der Waals surface area contributed by atoms with E-state index in [1.165, 1.54) is 0 Å². The summed E-state index contributed by atoms with van der Waals surface area (Å²) in [5.41, 5.74) is 0. The zero-order valence-corrected chi connectivity index (χ0v) is 10.5. The van der Waals surface area contributed by atoms with Crippen LogP contribution in [0.2, 0.25) is 0 Å². The maximum atomic E-state index is 5.09. The fraction of sp³-hybridized carbons (Fsp3) is 0.571. The van der Waals surface area contributed by atoms with E-state index in [4.69, 9.17) is 9.47 Å². The van der Waals surface area contributed by atoms with E-state index in [0.717, 1.165) is 25.7 Å². The molecule has 1 aliphatic rings. The Morgan fingerprint density at radius 2 is 1.69 bits per heavy atom. The van der Waals surface area contributed by atoms with Gasteiger partial charge in [0.15, 0.2) is 0 Å². The van der Waals surface area contributed by atoms with Crippen LogP contribution in [0, 0.1) is 0 Å². The first kappa shape index (κ1) is 15.1. The molecule has 0 aromatic rings. The van der Waals surface area contributed by atoms with Crippen molar-refractivity contribution in [3.05, 3.63) is 37.5 Å². The summed E-state index contributed by atoms with van der Waals surface area (Å²) in [7, 11) is 3.47. The summed E-state index contributed by atoms with van der Waals surface area (Å²) < 4.78 is 10.1. The summed E-state index contributed by atoms with van der Waals surface area (Å²) in [6, 6.07) is 0. The second kappa shape index (κ2) is 10.7. The van der Waals surface area contributed by atoms with Crippen LogP contribution in [0.15, 0.2) is 37.5 Å². The Morgan fingerprint density at radius 3 is 1.94 bits per heavy atom. The summed E-state index contributed by atoms with van der Waals surface area (Å²) in [6.45, 7) is 7.23. The van der Waals surface area contributed by atoms with Crippen LogP contribution >= 0.6 is 0 Å². The molecule has 0 aliphatic heterocycles. The van der Waals surface area contributed by atoms with Gasteiger partial charge in [0.1, 0.15) is 0 Å². The van der Waals surface area contributed by atoms with Crippen molar-refractivity contribution < 1.29 is 9.47 Å². The Bertz CT molecular complexity index is 191. The van der Waals surface area contributed by atoms with Gasteiger partial charge in [-0.3, -0.25) is 0 Å². The lowest BCUT2D eigenvalue weighted by molar-refractivity contribution is 0.108. The van der Waals surface area contributed by atoms with Crippen LogP contribution < -0.4 is 0 Å². The van der Waals surface area contributed by atoms with Crippen molar-refractivity contribution in [3.8, 4) is 0 Å². The van der Waals surface area contributed by atoms with Crippen LogP contribution in [0.4, 0.5) is 0 Å². The van der Waals surface area contributed by atoms with Crippen molar-refractivity contribution in [2.45, 2.75) is 37.9 Å². The van der Waals surface area contributed by atoms with Gasteiger partial charge >= 0.3 is 0 Å². The molecule has 0 heterocycles. The minimum absolute atomic E-state index is 0.278. The molecule has 0 saturated heterocycles. The molecule has 0 unspecified atom stereocenters. The smallest absolute Gasteiger partial charge is 0.0640 e. The number of hydrogen-bond acceptors (Lipinski definition) is 2. The van der Waals surface area contributed by atoms with Gasteiger partial charge in [0.25, 0.3) is 0 Å².